The molecule has 4 rings (SSSR count). The van der Waals surface area contributed by atoms with E-state index in [-0.39, 0.29) is 12.5 Å². The number of benzene rings is 2. The molecule has 1 amide bonds. The minimum absolute atomic E-state index is 0.140. The van der Waals surface area contributed by atoms with Crippen molar-refractivity contribution in [3.8, 4) is 5.75 Å². The summed E-state index contributed by atoms with van der Waals surface area (Å²) in [7, 11) is 0. The van der Waals surface area contributed by atoms with E-state index in [0.29, 0.717) is 11.7 Å². The molecular formula is C20H18N4O2S. The summed E-state index contributed by atoms with van der Waals surface area (Å²) >= 11 is 1.36. The van der Waals surface area contributed by atoms with Gasteiger partial charge in [-0.25, -0.2) is 0 Å². The minimum atomic E-state index is -0.140. The number of carbonyl (C=O) groups is 1. The Hall–Kier alpha value is -3.19. The van der Waals surface area contributed by atoms with Gasteiger partial charge in [0.2, 0.25) is 11.0 Å². The smallest absolute Gasteiger partial charge is 0.246 e. The highest BCUT2D eigenvalue weighted by Gasteiger charge is 2.10. The second-order valence-electron chi connectivity index (χ2n) is 6.11. The standard InChI is InChI=1S/C20H18N4O2S/c1-14-22-23-20(27-14)21-19(25)12-24-10-9-16-7-8-17(11-18(16)24)26-13-15-5-3-2-4-6-15/h2-11H,12-13H2,1H3,(H,21,23,25). The van der Waals surface area contributed by atoms with Gasteiger partial charge in [-0.1, -0.05) is 41.7 Å². The number of aryl methyl sites for hydroxylation is 1. The summed E-state index contributed by atoms with van der Waals surface area (Å²) in [5.74, 6) is 0.630. The summed E-state index contributed by atoms with van der Waals surface area (Å²) in [6.07, 6.45) is 1.90. The van der Waals surface area contributed by atoms with Crippen molar-refractivity contribution in [2.75, 3.05) is 5.32 Å². The van der Waals surface area contributed by atoms with Gasteiger partial charge in [-0.2, -0.15) is 0 Å². The second kappa shape index (κ2) is 7.59. The maximum Gasteiger partial charge on any atom is 0.246 e. The minimum Gasteiger partial charge on any atom is -0.489 e. The largest absolute Gasteiger partial charge is 0.489 e. The van der Waals surface area contributed by atoms with Crippen molar-refractivity contribution < 1.29 is 9.53 Å². The fourth-order valence-electron chi connectivity index (χ4n) is 2.79. The van der Waals surface area contributed by atoms with Gasteiger partial charge >= 0.3 is 0 Å². The first-order valence-corrected chi connectivity index (χ1v) is 9.34. The molecule has 2 heterocycles. The van der Waals surface area contributed by atoms with E-state index in [9.17, 15) is 4.79 Å². The molecule has 0 atom stereocenters. The summed E-state index contributed by atoms with van der Waals surface area (Å²) < 4.78 is 7.79. The number of ether oxygens (including phenoxy) is 1. The predicted octanol–water partition coefficient (Wildman–Crippen LogP) is 4.02. The van der Waals surface area contributed by atoms with E-state index in [1.807, 2.05) is 72.3 Å². The van der Waals surface area contributed by atoms with Gasteiger partial charge in [0.05, 0.1) is 5.52 Å². The van der Waals surface area contributed by atoms with Crippen LogP contribution < -0.4 is 10.1 Å². The van der Waals surface area contributed by atoms with Crippen molar-refractivity contribution in [3.63, 3.8) is 0 Å². The predicted molar refractivity (Wildman–Crippen MR) is 106 cm³/mol. The van der Waals surface area contributed by atoms with Crippen LogP contribution in [-0.4, -0.2) is 20.7 Å². The Morgan fingerprint density at radius 2 is 2.00 bits per heavy atom. The van der Waals surface area contributed by atoms with E-state index >= 15 is 0 Å². The van der Waals surface area contributed by atoms with Crippen LogP contribution in [-0.2, 0) is 17.9 Å². The molecule has 0 radical (unpaired) electrons. The van der Waals surface area contributed by atoms with E-state index in [0.717, 1.165) is 27.2 Å². The summed E-state index contributed by atoms with van der Waals surface area (Å²) in [5, 5.41) is 13.0. The first-order valence-electron chi connectivity index (χ1n) is 8.53. The summed E-state index contributed by atoms with van der Waals surface area (Å²) in [6.45, 7) is 2.55. The summed E-state index contributed by atoms with van der Waals surface area (Å²) in [4.78, 5) is 12.3. The Morgan fingerprint density at radius 3 is 2.78 bits per heavy atom. The lowest BCUT2D eigenvalue weighted by atomic mass is 10.2. The number of nitrogens with one attached hydrogen (secondary N) is 1. The second-order valence-corrected chi connectivity index (χ2v) is 7.29. The third-order valence-corrected chi connectivity index (χ3v) is 4.83. The van der Waals surface area contributed by atoms with Gasteiger partial charge in [-0.15, -0.1) is 10.2 Å². The van der Waals surface area contributed by atoms with Crippen LogP contribution in [0.1, 0.15) is 10.6 Å². The molecule has 0 saturated heterocycles. The number of rotatable bonds is 6. The Kier molecular flexibility index (Phi) is 4.84. The molecule has 7 heteroatoms. The normalized spacial score (nSPS) is 10.9. The number of nitrogens with zero attached hydrogens (tertiary/aromatic N) is 3. The van der Waals surface area contributed by atoms with Gasteiger partial charge in [0.1, 0.15) is 23.9 Å². The Bertz CT molecular complexity index is 1070. The zero-order valence-corrected chi connectivity index (χ0v) is 15.6. The van der Waals surface area contributed by atoms with Crippen molar-refractivity contribution in [3.05, 3.63) is 71.4 Å². The number of hydrogen-bond donors (Lipinski definition) is 1. The lowest BCUT2D eigenvalue weighted by molar-refractivity contribution is -0.116. The van der Waals surface area contributed by atoms with Crippen molar-refractivity contribution in [2.45, 2.75) is 20.1 Å². The molecule has 0 aliphatic carbocycles. The molecule has 2 aromatic carbocycles. The molecule has 0 spiro atoms. The van der Waals surface area contributed by atoms with Crippen LogP contribution in [0.25, 0.3) is 10.9 Å². The molecule has 27 heavy (non-hydrogen) atoms. The highest BCUT2D eigenvalue weighted by Crippen LogP contribution is 2.23. The van der Waals surface area contributed by atoms with Crippen LogP contribution in [0.4, 0.5) is 5.13 Å². The van der Waals surface area contributed by atoms with Gasteiger partial charge in [0.25, 0.3) is 0 Å². The summed E-state index contributed by atoms with van der Waals surface area (Å²) in [6, 6.07) is 17.9. The first-order chi connectivity index (χ1) is 13.2. The highest BCUT2D eigenvalue weighted by molar-refractivity contribution is 7.15. The Labute approximate surface area is 160 Å². The van der Waals surface area contributed by atoms with Crippen LogP contribution in [0, 0.1) is 6.92 Å². The molecular weight excluding hydrogens is 360 g/mol. The molecule has 0 aliphatic heterocycles. The lowest BCUT2D eigenvalue weighted by Crippen LogP contribution is -2.18. The quantitative estimate of drug-likeness (QED) is 0.550. The summed E-state index contributed by atoms with van der Waals surface area (Å²) in [5.41, 5.74) is 2.06. The van der Waals surface area contributed by atoms with Crippen LogP contribution in [0.2, 0.25) is 0 Å². The number of fused-ring (bicyclic) bond motifs is 1. The van der Waals surface area contributed by atoms with Crippen LogP contribution in [0.15, 0.2) is 60.8 Å². The van der Waals surface area contributed by atoms with E-state index in [1.165, 1.54) is 11.3 Å². The molecule has 4 aromatic rings. The van der Waals surface area contributed by atoms with Crippen LogP contribution in [0.3, 0.4) is 0 Å². The number of anilines is 1. The fourth-order valence-corrected chi connectivity index (χ4v) is 3.40. The van der Waals surface area contributed by atoms with Crippen molar-refractivity contribution in [1.82, 2.24) is 14.8 Å². The van der Waals surface area contributed by atoms with Gasteiger partial charge in [-0.3, -0.25) is 10.1 Å². The molecule has 0 saturated carbocycles. The highest BCUT2D eigenvalue weighted by atomic mass is 32.1. The zero-order chi connectivity index (χ0) is 18.6. The van der Waals surface area contributed by atoms with Crippen molar-refractivity contribution in [2.24, 2.45) is 0 Å². The fraction of sp³-hybridized carbons (Fsp3) is 0.150. The molecule has 0 aliphatic rings. The lowest BCUT2D eigenvalue weighted by Gasteiger charge is -2.09. The number of amides is 1. The van der Waals surface area contributed by atoms with E-state index in [1.54, 1.807) is 0 Å². The van der Waals surface area contributed by atoms with E-state index in [4.69, 9.17) is 4.74 Å². The van der Waals surface area contributed by atoms with Crippen molar-refractivity contribution in [1.29, 1.82) is 0 Å². The monoisotopic (exact) mass is 378 g/mol. The van der Waals surface area contributed by atoms with E-state index < -0.39 is 0 Å². The Morgan fingerprint density at radius 1 is 1.15 bits per heavy atom. The zero-order valence-electron chi connectivity index (χ0n) is 14.8. The molecule has 0 unspecified atom stereocenters. The van der Waals surface area contributed by atoms with Crippen molar-refractivity contribution >= 4 is 33.3 Å². The molecule has 136 valence electrons. The molecule has 1 N–H and O–H groups in total. The molecule has 6 nitrogen and oxygen atoms in total. The number of aromatic nitrogens is 3. The number of hydrogen-bond acceptors (Lipinski definition) is 5. The first kappa shape index (κ1) is 17.2. The third kappa shape index (κ3) is 4.15. The average Bonchev–Trinajstić information content (AvgIpc) is 3.27. The molecule has 0 fully saturated rings. The van der Waals surface area contributed by atoms with Crippen LogP contribution >= 0.6 is 11.3 Å². The average molecular weight is 378 g/mol. The van der Waals surface area contributed by atoms with Gasteiger partial charge in [0.15, 0.2) is 0 Å². The molecule has 2 aromatic heterocycles. The number of carbonyl (C=O) groups excluding carboxylic acids is 1. The SMILES string of the molecule is Cc1nnc(NC(=O)Cn2ccc3ccc(OCc4ccccc4)cc32)s1. The maximum atomic E-state index is 12.3. The van der Waals surface area contributed by atoms with Gasteiger partial charge in [0, 0.05) is 12.3 Å². The van der Waals surface area contributed by atoms with Crippen LogP contribution in [0.5, 0.6) is 5.75 Å². The van der Waals surface area contributed by atoms with Gasteiger partial charge in [-0.05, 0) is 36.1 Å². The topological polar surface area (TPSA) is 69.0 Å². The van der Waals surface area contributed by atoms with E-state index in [2.05, 4.69) is 15.5 Å². The third-order valence-electron chi connectivity index (χ3n) is 4.08. The molecule has 0 bridgehead atoms. The Balaban J connectivity index is 1.47. The van der Waals surface area contributed by atoms with Gasteiger partial charge < -0.3 is 9.30 Å². The maximum absolute atomic E-state index is 12.3.